The van der Waals surface area contributed by atoms with Gasteiger partial charge in [-0.2, -0.15) is 0 Å². The van der Waals surface area contributed by atoms with E-state index in [1.165, 1.54) is 0 Å². The van der Waals surface area contributed by atoms with Crippen molar-refractivity contribution in [1.29, 1.82) is 0 Å². The zero-order chi connectivity index (χ0) is 10.5. The molecule has 0 spiro atoms. The average Bonchev–Trinajstić information content (AvgIpc) is 1.95. The van der Waals surface area contributed by atoms with Gasteiger partial charge in [0.1, 0.15) is 8.24 Å². The van der Waals surface area contributed by atoms with Crippen LogP contribution in [0.1, 0.15) is 19.3 Å². The van der Waals surface area contributed by atoms with E-state index in [-0.39, 0.29) is 5.12 Å². The molecule has 0 bridgehead atoms. The van der Waals surface area contributed by atoms with E-state index in [2.05, 4.69) is 43.9 Å². The smallest absolute Gasteiger partial charge is 0.185 e. The minimum absolute atomic E-state index is 0.00987. The maximum atomic E-state index is 10.5. The molecular formula is C9H21NOSSi. The van der Waals surface area contributed by atoms with Crippen molar-refractivity contribution in [3.05, 3.63) is 0 Å². The van der Waals surface area contributed by atoms with Gasteiger partial charge in [-0.1, -0.05) is 19.6 Å². The molecule has 0 rings (SSSR count). The monoisotopic (exact) mass is 219 g/mol. The van der Waals surface area contributed by atoms with Crippen LogP contribution < -0.4 is 0 Å². The van der Waals surface area contributed by atoms with E-state index >= 15 is 0 Å². The first-order valence-electron chi connectivity index (χ1n) is 4.77. The third-order valence-corrected chi connectivity index (χ3v) is 5.02. The summed E-state index contributed by atoms with van der Waals surface area (Å²) in [5, 5.41) is 0.00987. The van der Waals surface area contributed by atoms with Crippen molar-refractivity contribution in [3.63, 3.8) is 0 Å². The van der Waals surface area contributed by atoms with Gasteiger partial charge < -0.3 is 4.57 Å². The van der Waals surface area contributed by atoms with Crippen molar-refractivity contribution in [1.82, 2.24) is 4.57 Å². The molecule has 0 fully saturated rings. The minimum Gasteiger partial charge on any atom is -0.327 e. The highest BCUT2D eigenvalue weighted by atomic mass is 32.1. The van der Waals surface area contributed by atoms with Crippen LogP contribution in [0.5, 0.6) is 0 Å². The van der Waals surface area contributed by atoms with Gasteiger partial charge in [-0.05, 0) is 26.4 Å². The van der Waals surface area contributed by atoms with Crippen LogP contribution in [-0.4, -0.2) is 31.5 Å². The molecule has 0 heterocycles. The second-order valence-corrected chi connectivity index (χ2v) is 10.0. The topological polar surface area (TPSA) is 20.3 Å². The van der Waals surface area contributed by atoms with Crippen molar-refractivity contribution < 1.29 is 4.79 Å². The fourth-order valence-electron chi connectivity index (χ4n) is 0.961. The molecule has 0 aliphatic rings. The molecule has 0 aromatic carbocycles. The molecule has 2 nitrogen and oxygen atoms in total. The van der Waals surface area contributed by atoms with Crippen molar-refractivity contribution in [2.24, 2.45) is 0 Å². The fraction of sp³-hybridized carbons (Fsp3) is 0.889. The number of nitrogens with zero attached hydrogens (tertiary/aromatic N) is 1. The van der Waals surface area contributed by atoms with Gasteiger partial charge in [0, 0.05) is 6.42 Å². The highest BCUT2D eigenvalue weighted by molar-refractivity contribution is 7.96. The van der Waals surface area contributed by atoms with E-state index in [0.717, 1.165) is 19.4 Å². The maximum absolute atomic E-state index is 10.5. The lowest BCUT2D eigenvalue weighted by molar-refractivity contribution is -0.110. The Morgan fingerprint density at radius 2 is 1.85 bits per heavy atom. The predicted octanol–water partition coefficient (Wildman–Crippen LogP) is 2.38. The number of rotatable bonds is 6. The highest BCUT2D eigenvalue weighted by Gasteiger charge is 2.18. The number of hydrogen-bond acceptors (Lipinski definition) is 2. The lowest BCUT2D eigenvalue weighted by Gasteiger charge is -2.29. The third-order valence-electron chi connectivity index (χ3n) is 2.28. The van der Waals surface area contributed by atoms with Crippen LogP contribution in [0.15, 0.2) is 0 Å². The van der Waals surface area contributed by atoms with Gasteiger partial charge in [0.2, 0.25) is 0 Å². The number of thiol groups is 1. The van der Waals surface area contributed by atoms with Crippen molar-refractivity contribution >= 4 is 26.0 Å². The minimum atomic E-state index is -1.11. The molecule has 0 aromatic rings. The van der Waals surface area contributed by atoms with Gasteiger partial charge in [-0.15, -0.1) is 12.6 Å². The summed E-state index contributed by atoms with van der Waals surface area (Å²) in [7, 11) is 1.07. The maximum Gasteiger partial charge on any atom is 0.185 e. The summed E-state index contributed by atoms with van der Waals surface area (Å²) in [4.78, 5) is 10.5. The quantitative estimate of drug-likeness (QED) is 0.420. The summed E-state index contributed by atoms with van der Waals surface area (Å²) in [6.07, 6.45) is 2.69. The Morgan fingerprint density at radius 1 is 1.31 bits per heavy atom. The SMILES string of the molecule is CN(CCCCC(=O)S)[Si](C)(C)C. The predicted molar refractivity (Wildman–Crippen MR) is 63.8 cm³/mol. The summed E-state index contributed by atoms with van der Waals surface area (Å²) < 4.78 is 2.44. The molecular weight excluding hydrogens is 198 g/mol. The molecule has 0 aliphatic carbocycles. The van der Waals surface area contributed by atoms with Crippen LogP contribution >= 0.6 is 12.6 Å². The van der Waals surface area contributed by atoms with Crippen molar-refractivity contribution in [2.45, 2.75) is 38.9 Å². The van der Waals surface area contributed by atoms with Crippen LogP contribution in [0.4, 0.5) is 0 Å². The Kier molecular flexibility index (Phi) is 5.92. The molecule has 4 heteroatoms. The Labute approximate surface area is 88.2 Å². The summed E-state index contributed by atoms with van der Waals surface area (Å²) in [6.45, 7) is 8.10. The highest BCUT2D eigenvalue weighted by Crippen LogP contribution is 2.08. The van der Waals surface area contributed by atoms with E-state index in [0.29, 0.717) is 6.42 Å². The lowest BCUT2D eigenvalue weighted by Crippen LogP contribution is -2.43. The first-order valence-corrected chi connectivity index (χ1v) is 8.66. The van der Waals surface area contributed by atoms with E-state index in [1.54, 1.807) is 0 Å². The van der Waals surface area contributed by atoms with Crippen LogP contribution in [0.25, 0.3) is 0 Å². The van der Waals surface area contributed by atoms with Gasteiger partial charge in [0.25, 0.3) is 0 Å². The second-order valence-electron chi connectivity index (χ2n) is 4.44. The first kappa shape index (κ1) is 13.2. The Hall–Kier alpha value is 0.197. The van der Waals surface area contributed by atoms with Gasteiger partial charge >= 0.3 is 0 Å². The van der Waals surface area contributed by atoms with Gasteiger partial charge in [-0.25, -0.2) is 0 Å². The van der Waals surface area contributed by atoms with E-state index in [4.69, 9.17) is 0 Å². The lowest BCUT2D eigenvalue weighted by atomic mass is 10.2. The van der Waals surface area contributed by atoms with Gasteiger partial charge in [-0.3, -0.25) is 4.79 Å². The van der Waals surface area contributed by atoms with Crippen LogP contribution in [0.3, 0.4) is 0 Å². The molecule has 0 unspecified atom stereocenters. The normalized spacial score (nSPS) is 12.2. The zero-order valence-corrected chi connectivity index (χ0v) is 11.0. The Bertz CT molecular complexity index is 167. The van der Waals surface area contributed by atoms with Gasteiger partial charge in [0.05, 0.1) is 0 Å². The Morgan fingerprint density at radius 3 is 2.23 bits per heavy atom. The standard InChI is InChI=1S/C9H21NOSSi/c1-10(13(2,3)4)8-6-5-7-9(11)12/h5-8H2,1-4H3,(H,11,12). The van der Waals surface area contributed by atoms with E-state index in [1.807, 2.05) is 0 Å². The molecule has 0 saturated carbocycles. The number of carbonyl (C=O) groups is 1. The molecule has 0 atom stereocenters. The first-order chi connectivity index (χ1) is 5.84. The summed E-state index contributed by atoms with van der Waals surface area (Å²) >= 11 is 3.74. The molecule has 0 radical (unpaired) electrons. The molecule has 0 aromatic heterocycles. The average molecular weight is 219 g/mol. The largest absolute Gasteiger partial charge is 0.327 e. The Balaban J connectivity index is 3.49. The summed E-state index contributed by atoms with van der Waals surface area (Å²) in [6, 6.07) is 0. The number of unbranched alkanes of at least 4 members (excludes halogenated alkanes) is 1. The van der Waals surface area contributed by atoms with Crippen LogP contribution in [0, 0.1) is 0 Å². The van der Waals surface area contributed by atoms with Gasteiger partial charge in [0.15, 0.2) is 5.12 Å². The van der Waals surface area contributed by atoms with Crippen LogP contribution in [-0.2, 0) is 4.79 Å². The van der Waals surface area contributed by atoms with Crippen molar-refractivity contribution in [2.75, 3.05) is 13.6 Å². The molecule has 0 saturated heterocycles. The second kappa shape index (κ2) is 5.83. The summed E-state index contributed by atoms with van der Waals surface area (Å²) in [5.74, 6) is 0. The zero-order valence-electron chi connectivity index (χ0n) is 9.13. The fourth-order valence-corrected chi connectivity index (χ4v) is 1.95. The molecule has 78 valence electrons. The van der Waals surface area contributed by atoms with Crippen molar-refractivity contribution in [3.8, 4) is 0 Å². The van der Waals surface area contributed by atoms with E-state index < -0.39 is 8.24 Å². The van der Waals surface area contributed by atoms with E-state index in [9.17, 15) is 4.79 Å². The summed E-state index contributed by atoms with van der Waals surface area (Å²) in [5.41, 5.74) is 0. The third kappa shape index (κ3) is 7.28. The number of carbonyl (C=O) groups excluding carboxylic acids is 1. The molecule has 0 N–H and O–H groups in total. The number of hydrogen-bond donors (Lipinski definition) is 1. The molecule has 0 aliphatic heterocycles. The van der Waals surface area contributed by atoms with Crippen LogP contribution in [0.2, 0.25) is 19.6 Å². The molecule has 13 heavy (non-hydrogen) atoms. The molecule has 0 amide bonds.